The van der Waals surface area contributed by atoms with Crippen molar-refractivity contribution in [1.29, 1.82) is 0 Å². The molecule has 0 aromatic carbocycles. The van der Waals surface area contributed by atoms with Crippen LogP contribution in [0, 0.1) is 5.92 Å². The Hall–Kier alpha value is -1.56. The molecule has 1 rings (SSSR count). The third-order valence-corrected chi connectivity index (χ3v) is 2.63. The van der Waals surface area contributed by atoms with Crippen molar-refractivity contribution in [2.24, 2.45) is 5.92 Å². The van der Waals surface area contributed by atoms with Gasteiger partial charge >= 0.3 is 0 Å². The molecule has 94 valence electrons. The average molecular weight is 259 g/mol. The highest BCUT2D eigenvalue weighted by molar-refractivity contribution is 6.19. The molecule has 7 heteroatoms. The number of nitrogens with one attached hydrogen (secondary N) is 2. The Morgan fingerprint density at radius 1 is 1.59 bits per heavy atom. The zero-order valence-corrected chi connectivity index (χ0v) is 10.5. The molecule has 0 aliphatic heterocycles. The van der Waals surface area contributed by atoms with E-state index in [0.717, 1.165) is 0 Å². The maximum Gasteiger partial charge on any atom is 0.241 e. The first-order valence-corrected chi connectivity index (χ1v) is 5.70. The summed E-state index contributed by atoms with van der Waals surface area (Å²) in [4.78, 5) is 22.6. The maximum atomic E-state index is 11.5. The second-order valence-electron chi connectivity index (χ2n) is 3.64. The predicted molar refractivity (Wildman–Crippen MR) is 64.8 cm³/mol. The third kappa shape index (κ3) is 4.07. The van der Waals surface area contributed by atoms with E-state index in [4.69, 9.17) is 11.6 Å². The second-order valence-corrected chi connectivity index (χ2v) is 3.95. The van der Waals surface area contributed by atoms with Gasteiger partial charge in [0.1, 0.15) is 6.54 Å². The summed E-state index contributed by atoms with van der Waals surface area (Å²) in [5.74, 6) is -0.323. The molecular formula is C10H15ClN4O2. The summed E-state index contributed by atoms with van der Waals surface area (Å²) in [5, 5.41) is 9.10. The fraction of sp³-hybridized carbons (Fsp3) is 0.500. The van der Waals surface area contributed by atoms with E-state index >= 15 is 0 Å². The van der Waals surface area contributed by atoms with Crippen molar-refractivity contribution in [3.63, 3.8) is 0 Å². The summed E-state index contributed by atoms with van der Waals surface area (Å²) in [6.45, 7) is 1.86. The highest BCUT2D eigenvalue weighted by Crippen LogP contribution is 2.08. The molecule has 0 bridgehead atoms. The quantitative estimate of drug-likeness (QED) is 0.753. The number of hydrogen-bond acceptors (Lipinski definition) is 3. The molecule has 1 atom stereocenters. The zero-order valence-electron chi connectivity index (χ0n) is 9.74. The molecule has 6 nitrogen and oxygen atoms in total. The Morgan fingerprint density at radius 2 is 2.29 bits per heavy atom. The van der Waals surface area contributed by atoms with E-state index in [0.29, 0.717) is 5.69 Å². The van der Waals surface area contributed by atoms with Crippen LogP contribution in [0.3, 0.4) is 0 Å². The maximum absolute atomic E-state index is 11.5. The highest BCUT2D eigenvalue weighted by atomic mass is 35.5. The molecule has 2 amide bonds. The summed E-state index contributed by atoms with van der Waals surface area (Å²) >= 11 is 5.57. The number of amides is 2. The lowest BCUT2D eigenvalue weighted by Gasteiger charge is -2.06. The lowest BCUT2D eigenvalue weighted by atomic mass is 10.2. The molecule has 1 aromatic rings. The summed E-state index contributed by atoms with van der Waals surface area (Å²) in [7, 11) is 1.55. The van der Waals surface area contributed by atoms with Gasteiger partial charge in [0.25, 0.3) is 0 Å². The molecule has 0 aliphatic rings. The Balaban J connectivity index is 2.56. The first-order valence-electron chi connectivity index (χ1n) is 5.16. The van der Waals surface area contributed by atoms with Crippen molar-refractivity contribution in [3.05, 3.63) is 12.4 Å². The Labute approximate surface area is 104 Å². The van der Waals surface area contributed by atoms with Crippen molar-refractivity contribution in [2.75, 3.05) is 18.2 Å². The van der Waals surface area contributed by atoms with Crippen LogP contribution in [-0.4, -0.2) is 34.5 Å². The second kappa shape index (κ2) is 6.24. The fourth-order valence-corrected chi connectivity index (χ4v) is 1.22. The van der Waals surface area contributed by atoms with Crippen LogP contribution in [0.1, 0.15) is 6.92 Å². The molecule has 1 aromatic heterocycles. The van der Waals surface area contributed by atoms with Gasteiger partial charge in [0.15, 0.2) is 0 Å². The molecule has 0 spiro atoms. The van der Waals surface area contributed by atoms with Crippen molar-refractivity contribution < 1.29 is 9.59 Å². The van der Waals surface area contributed by atoms with Crippen LogP contribution in [-0.2, 0) is 16.1 Å². The topological polar surface area (TPSA) is 76.0 Å². The lowest BCUT2D eigenvalue weighted by Crippen LogP contribution is -2.23. The average Bonchev–Trinajstić information content (AvgIpc) is 2.75. The summed E-state index contributed by atoms with van der Waals surface area (Å²) in [6.07, 6.45) is 3.08. The van der Waals surface area contributed by atoms with Crippen LogP contribution in [0.2, 0.25) is 0 Å². The third-order valence-electron chi connectivity index (χ3n) is 2.16. The molecule has 1 unspecified atom stereocenters. The van der Waals surface area contributed by atoms with Crippen LogP contribution in [0.5, 0.6) is 0 Å². The van der Waals surface area contributed by atoms with E-state index in [1.54, 1.807) is 20.2 Å². The van der Waals surface area contributed by atoms with Crippen molar-refractivity contribution in [1.82, 2.24) is 15.1 Å². The van der Waals surface area contributed by atoms with Gasteiger partial charge in [0.2, 0.25) is 11.8 Å². The smallest absolute Gasteiger partial charge is 0.241 e. The summed E-state index contributed by atoms with van der Waals surface area (Å²) < 4.78 is 1.44. The van der Waals surface area contributed by atoms with Gasteiger partial charge in [-0.2, -0.15) is 5.10 Å². The lowest BCUT2D eigenvalue weighted by molar-refractivity contribution is -0.121. The first kappa shape index (κ1) is 13.5. The number of anilines is 1. The SMILES string of the molecule is CNC(=O)Cn1cc(NC(=O)C(C)CCl)cn1. The van der Waals surface area contributed by atoms with Gasteiger partial charge in [-0.1, -0.05) is 6.92 Å². The van der Waals surface area contributed by atoms with Gasteiger partial charge in [-0.25, -0.2) is 0 Å². The minimum absolute atomic E-state index is 0.122. The number of alkyl halides is 1. The van der Waals surface area contributed by atoms with Crippen molar-refractivity contribution >= 4 is 29.1 Å². The number of rotatable bonds is 5. The fourth-order valence-electron chi connectivity index (χ4n) is 1.08. The van der Waals surface area contributed by atoms with Gasteiger partial charge in [-0.3, -0.25) is 14.3 Å². The van der Waals surface area contributed by atoms with E-state index < -0.39 is 0 Å². The van der Waals surface area contributed by atoms with Crippen LogP contribution in [0.25, 0.3) is 0 Å². The highest BCUT2D eigenvalue weighted by Gasteiger charge is 2.12. The van der Waals surface area contributed by atoms with Gasteiger partial charge in [-0.05, 0) is 0 Å². The number of likely N-dealkylation sites (N-methyl/N-ethyl adjacent to an activating group) is 1. The molecule has 0 radical (unpaired) electrons. The Kier molecular flexibility index (Phi) is 4.96. The van der Waals surface area contributed by atoms with E-state index in [2.05, 4.69) is 15.7 Å². The minimum atomic E-state index is -0.265. The standard InChI is InChI=1S/C10H15ClN4O2/c1-7(3-11)10(17)14-8-4-13-15(5-8)6-9(16)12-2/h4-5,7H,3,6H2,1-2H3,(H,12,16)(H,14,17). The number of aromatic nitrogens is 2. The summed E-state index contributed by atoms with van der Waals surface area (Å²) in [5.41, 5.74) is 0.552. The van der Waals surface area contributed by atoms with E-state index in [1.807, 2.05) is 0 Å². The largest absolute Gasteiger partial charge is 0.358 e. The monoisotopic (exact) mass is 258 g/mol. The molecule has 2 N–H and O–H groups in total. The van der Waals surface area contributed by atoms with Crippen molar-refractivity contribution in [3.8, 4) is 0 Å². The number of halogens is 1. The predicted octanol–water partition coefficient (Wildman–Crippen LogP) is 0.442. The normalized spacial score (nSPS) is 11.9. The van der Waals surface area contributed by atoms with Crippen LogP contribution >= 0.6 is 11.6 Å². The molecule has 1 heterocycles. The zero-order chi connectivity index (χ0) is 12.8. The first-order chi connectivity index (χ1) is 8.06. The Morgan fingerprint density at radius 3 is 2.88 bits per heavy atom. The number of carbonyl (C=O) groups is 2. The molecule has 0 fully saturated rings. The van der Waals surface area contributed by atoms with Crippen molar-refractivity contribution in [2.45, 2.75) is 13.5 Å². The van der Waals surface area contributed by atoms with E-state index in [1.165, 1.54) is 10.9 Å². The molecule has 0 saturated carbocycles. The van der Waals surface area contributed by atoms with E-state index in [9.17, 15) is 9.59 Å². The molecular weight excluding hydrogens is 244 g/mol. The van der Waals surface area contributed by atoms with E-state index in [-0.39, 0.29) is 30.2 Å². The van der Waals surface area contributed by atoms with Gasteiger partial charge in [0, 0.05) is 25.0 Å². The number of hydrogen-bond donors (Lipinski definition) is 2. The number of nitrogens with zero attached hydrogens (tertiary/aromatic N) is 2. The Bertz CT molecular complexity index is 405. The molecule has 17 heavy (non-hydrogen) atoms. The number of carbonyl (C=O) groups excluding carboxylic acids is 2. The van der Waals surface area contributed by atoms with Crippen LogP contribution in [0.4, 0.5) is 5.69 Å². The minimum Gasteiger partial charge on any atom is -0.358 e. The molecule has 0 aliphatic carbocycles. The van der Waals surface area contributed by atoms with Gasteiger partial charge in [0.05, 0.1) is 11.9 Å². The van der Waals surface area contributed by atoms with Gasteiger partial charge in [-0.15, -0.1) is 11.6 Å². The van der Waals surface area contributed by atoms with Crippen LogP contribution in [0.15, 0.2) is 12.4 Å². The summed E-state index contributed by atoms with van der Waals surface area (Å²) in [6, 6.07) is 0. The van der Waals surface area contributed by atoms with Gasteiger partial charge < -0.3 is 10.6 Å². The van der Waals surface area contributed by atoms with Crippen LogP contribution < -0.4 is 10.6 Å². The molecule has 0 saturated heterocycles.